The Kier molecular flexibility index (Phi) is 14.1. The van der Waals surface area contributed by atoms with E-state index in [9.17, 15) is 10.2 Å². The lowest BCUT2D eigenvalue weighted by molar-refractivity contribution is -0.258. The van der Waals surface area contributed by atoms with E-state index in [2.05, 4.69) is 86.0 Å². The number of oxime groups is 1. The van der Waals surface area contributed by atoms with Gasteiger partial charge in [0, 0.05) is 50.0 Å². The number of amides is 1. The molecule has 0 aromatic heterocycles. The van der Waals surface area contributed by atoms with E-state index in [0.29, 0.717) is 43.9 Å². The molecular formula is C55H66N2O8. The Labute approximate surface area is 384 Å². The summed E-state index contributed by atoms with van der Waals surface area (Å²) in [6, 6.07) is 26.4. The van der Waals surface area contributed by atoms with Crippen molar-refractivity contribution in [3.63, 3.8) is 0 Å². The summed E-state index contributed by atoms with van der Waals surface area (Å²) in [5, 5.41) is 27.4. The predicted octanol–water partition coefficient (Wildman–Crippen LogP) is 10.8. The second kappa shape index (κ2) is 20.3. The number of carbonyl (C=O) groups is 1. The predicted molar refractivity (Wildman–Crippen MR) is 253 cm³/mol. The van der Waals surface area contributed by atoms with Crippen LogP contribution in [0.4, 0.5) is 0 Å². The van der Waals surface area contributed by atoms with Crippen molar-refractivity contribution >= 4 is 22.4 Å². The van der Waals surface area contributed by atoms with Crippen LogP contribution in [0.15, 0.2) is 108 Å². The number of carbonyl (C=O) groups excluding carboxylic acids is 1. The Bertz CT molecular complexity index is 2380. The molecule has 0 spiro atoms. The van der Waals surface area contributed by atoms with E-state index in [4.69, 9.17) is 28.9 Å². The molecular weight excluding hydrogens is 817 g/mol. The third-order valence-corrected chi connectivity index (χ3v) is 14.6. The number of ether oxygens (including phenoxy) is 4. The van der Waals surface area contributed by atoms with Gasteiger partial charge in [0.1, 0.15) is 23.3 Å². The zero-order chi connectivity index (χ0) is 44.9. The van der Waals surface area contributed by atoms with Crippen LogP contribution in [0.1, 0.15) is 105 Å². The van der Waals surface area contributed by atoms with Crippen LogP contribution in [0.3, 0.4) is 0 Å². The number of allylic oxidation sites excluding steroid dienone is 1. The van der Waals surface area contributed by atoms with Crippen LogP contribution >= 0.6 is 0 Å². The van der Waals surface area contributed by atoms with E-state index < -0.39 is 24.0 Å². The summed E-state index contributed by atoms with van der Waals surface area (Å²) in [5.74, 6) is 0.429. The zero-order valence-electron chi connectivity index (χ0n) is 38.2. The summed E-state index contributed by atoms with van der Waals surface area (Å²) in [7, 11) is 0. The Morgan fingerprint density at radius 2 is 1.69 bits per heavy atom. The number of rotatable bonds is 19. The minimum Gasteiger partial charge on any atom is -0.459 e. The summed E-state index contributed by atoms with van der Waals surface area (Å²) in [6.45, 7) is 9.74. The Hall–Kier alpha value is -5.00. The van der Waals surface area contributed by atoms with Crippen LogP contribution in [-0.2, 0) is 25.7 Å². The molecule has 0 radical (unpaired) electrons. The van der Waals surface area contributed by atoms with Crippen LogP contribution < -0.4 is 9.47 Å². The summed E-state index contributed by atoms with van der Waals surface area (Å²) in [4.78, 5) is 23.6. The molecule has 1 amide bonds. The molecule has 10 nitrogen and oxygen atoms in total. The van der Waals surface area contributed by atoms with Gasteiger partial charge < -0.3 is 38.9 Å². The van der Waals surface area contributed by atoms with Gasteiger partial charge in [-0.05, 0) is 140 Å². The Morgan fingerprint density at radius 3 is 2.46 bits per heavy atom. The average Bonchev–Trinajstić information content (AvgIpc) is 4.18. The van der Waals surface area contributed by atoms with E-state index in [1.54, 1.807) is 6.08 Å². The van der Waals surface area contributed by atoms with Gasteiger partial charge in [-0.25, -0.2) is 0 Å². The van der Waals surface area contributed by atoms with Crippen LogP contribution in [0.25, 0.3) is 10.8 Å². The fraction of sp³-hybridized carbons (Fsp3) is 0.491. The minimum atomic E-state index is -1.35. The van der Waals surface area contributed by atoms with E-state index >= 15 is 4.79 Å². The number of aryl methyl sites for hydroxylation is 2. The van der Waals surface area contributed by atoms with Crippen molar-refractivity contribution in [3.8, 4) is 17.2 Å². The third-order valence-electron chi connectivity index (χ3n) is 14.6. The minimum absolute atomic E-state index is 0.0871. The summed E-state index contributed by atoms with van der Waals surface area (Å²) < 4.78 is 27.6. The molecule has 9 rings (SSSR count). The highest BCUT2D eigenvalue weighted by Gasteiger charge is 2.66. The zero-order valence-corrected chi connectivity index (χ0v) is 38.2. The van der Waals surface area contributed by atoms with Gasteiger partial charge in [0.2, 0.25) is 18.0 Å². The van der Waals surface area contributed by atoms with Crippen LogP contribution in [0.5, 0.6) is 17.2 Å². The summed E-state index contributed by atoms with van der Waals surface area (Å²) in [5.41, 5.74) is 6.21. The van der Waals surface area contributed by atoms with E-state index in [1.807, 2.05) is 24.3 Å². The second-order valence-corrected chi connectivity index (χ2v) is 18.9. The van der Waals surface area contributed by atoms with Crippen molar-refractivity contribution in [2.75, 3.05) is 26.4 Å². The molecule has 344 valence electrons. The highest BCUT2D eigenvalue weighted by molar-refractivity contribution is 6.03. The van der Waals surface area contributed by atoms with E-state index in [1.165, 1.54) is 5.56 Å². The molecule has 2 saturated carbocycles. The molecule has 65 heavy (non-hydrogen) atoms. The lowest BCUT2D eigenvalue weighted by Crippen LogP contribution is -2.70. The highest BCUT2D eigenvalue weighted by Crippen LogP contribution is 2.62. The second-order valence-electron chi connectivity index (χ2n) is 18.9. The van der Waals surface area contributed by atoms with Crippen LogP contribution in [0, 0.1) is 37.5 Å². The van der Waals surface area contributed by atoms with Gasteiger partial charge in [0.05, 0.1) is 24.8 Å². The lowest BCUT2D eigenvalue weighted by atomic mass is 9.55. The average molecular weight is 883 g/mol. The summed E-state index contributed by atoms with van der Waals surface area (Å²) in [6.07, 6.45) is 13.3. The molecule has 2 heterocycles. The van der Waals surface area contributed by atoms with Gasteiger partial charge in [-0.3, -0.25) is 4.79 Å². The van der Waals surface area contributed by atoms with Crippen molar-refractivity contribution in [1.29, 1.82) is 0 Å². The fourth-order valence-electron chi connectivity index (χ4n) is 11.1. The Balaban J connectivity index is 1.25. The number of aliphatic hydroxyl groups excluding tert-OH is 2. The maximum Gasteiger partial charge on any atom is 0.239 e. The molecule has 2 N–H and O–H groups in total. The van der Waals surface area contributed by atoms with Crippen molar-refractivity contribution in [3.05, 3.63) is 125 Å². The first-order valence-corrected chi connectivity index (χ1v) is 24.2. The fourth-order valence-corrected chi connectivity index (χ4v) is 11.1. The van der Waals surface area contributed by atoms with Gasteiger partial charge in [-0.2, -0.15) is 0 Å². The first-order valence-electron chi connectivity index (χ1n) is 24.2. The van der Waals surface area contributed by atoms with Crippen molar-refractivity contribution in [2.24, 2.45) is 28.8 Å². The number of aliphatic hydroxyl groups is 2. The number of nitrogens with zero attached hydrogens (tertiary/aromatic N) is 2. The summed E-state index contributed by atoms with van der Waals surface area (Å²) >= 11 is 0. The van der Waals surface area contributed by atoms with Crippen LogP contribution in [0.2, 0.25) is 0 Å². The number of fused-ring (bicyclic) bond motifs is 3. The topological polar surface area (TPSA) is 119 Å². The van der Waals surface area contributed by atoms with Crippen molar-refractivity contribution in [2.45, 2.75) is 121 Å². The van der Waals surface area contributed by atoms with E-state index in [-0.39, 0.29) is 49.4 Å². The third kappa shape index (κ3) is 9.51. The quantitative estimate of drug-likeness (QED) is 0.0543. The molecule has 3 fully saturated rings. The maximum atomic E-state index is 15.2. The van der Waals surface area contributed by atoms with Gasteiger partial charge >= 0.3 is 0 Å². The molecule has 5 aliphatic rings. The lowest BCUT2D eigenvalue weighted by Gasteiger charge is -2.60. The first kappa shape index (κ1) is 45.2. The first-order chi connectivity index (χ1) is 31.8. The molecule has 7 atom stereocenters. The molecule has 4 aromatic rings. The molecule has 3 aliphatic carbocycles. The highest BCUT2D eigenvalue weighted by atomic mass is 16.8. The molecule has 2 aliphatic heterocycles. The van der Waals surface area contributed by atoms with Gasteiger partial charge in [-0.1, -0.05) is 78.7 Å². The number of benzene rings is 4. The van der Waals surface area contributed by atoms with E-state index in [0.717, 1.165) is 102 Å². The van der Waals surface area contributed by atoms with Gasteiger partial charge in [0.15, 0.2) is 0 Å². The SMILES string of the molecule is C=CCO[C@@]12Oc3ccc(Oc4ccc(C)c(C)c4)cc3[C@H]3[C@H](CCCCO)[C@@H](CCCCO)C=C(C(=NOC4CCCCO4)C[C@@H]1N(Cc1cccc4ccccc14)C(=O)C1CC1)[C@H]32. The smallest absolute Gasteiger partial charge is 0.239 e. The monoisotopic (exact) mass is 882 g/mol. The maximum absolute atomic E-state index is 15.2. The van der Waals surface area contributed by atoms with Gasteiger partial charge in [0.25, 0.3) is 0 Å². The van der Waals surface area contributed by atoms with Crippen molar-refractivity contribution in [1.82, 2.24) is 4.90 Å². The number of hydrogen-bond acceptors (Lipinski definition) is 9. The molecule has 1 saturated heterocycles. The van der Waals surface area contributed by atoms with Gasteiger partial charge in [-0.15, -0.1) is 6.58 Å². The molecule has 0 bridgehead atoms. The number of unbranched alkanes of at least 4 members (excludes halogenated alkanes) is 2. The normalized spacial score (nSPS) is 26.4. The molecule has 1 unspecified atom stereocenters. The largest absolute Gasteiger partial charge is 0.459 e. The number of hydrogen-bond donors (Lipinski definition) is 2. The Morgan fingerprint density at radius 1 is 0.908 bits per heavy atom. The molecule has 10 heteroatoms. The molecule has 4 aromatic carbocycles. The van der Waals surface area contributed by atoms with Crippen molar-refractivity contribution < 1.29 is 38.8 Å². The standard InChI is InChI=1S/C55H66N2O8/c1-4-29-62-55-50(57(54(60)39-22-23-39)35-41-17-13-16-38-14-5-6-18-44(38)41)34-48(56-65-51-20-9-12-30-61-51)46-32-40(15-7-10-27-58)45(19-8-11-28-59)52(53(46)55)47-33-43(25-26-49(47)64-55)63-42-24-21-36(2)37(3)31-42/h4-6,13-14,16-18,21,24-26,31-33,39-40,45,50-53,58-59H,1,7-12,15,19-20,22-23,27-30,34-35H2,2-3H3/t40-,45+,50-,51?,52+,53+,55+/m0/s1. The van der Waals surface area contributed by atoms with Crippen LogP contribution in [-0.4, -0.2) is 71.3 Å².